The van der Waals surface area contributed by atoms with E-state index in [0.717, 1.165) is 71.7 Å². The number of amides is 5. The van der Waals surface area contributed by atoms with Crippen molar-refractivity contribution >= 4 is 46.0 Å². The number of nitrogens with zero attached hydrogens (tertiary/aromatic N) is 5. The Kier molecular flexibility index (Phi) is 8.87. The van der Waals surface area contributed by atoms with E-state index in [1.807, 2.05) is 30.5 Å². The molecule has 5 aliphatic rings. The molecule has 5 amide bonds. The Bertz CT molecular complexity index is 2430. The minimum atomic E-state index is -1.00. The Morgan fingerprint density at radius 1 is 0.930 bits per heavy atom. The molecular weight excluding hydrogens is 731 g/mol. The molecule has 2 aromatic carbocycles. The van der Waals surface area contributed by atoms with Crippen LogP contribution >= 0.6 is 0 Å². The molecule has 6 heterocycles. The number of fused-ring (bicyclic) bond motifs is 2. The third-order valence-corrected chi connectivity index (χ3v) is 12.6. The zero-order valence-electron chi connectivity index (χ0n) is 32.0. The molecule has 2 atom stereocenters. The second-order valence-electron chi connectivity index (χ2n) is 16.1. The van der Waals surface area contributed by atoms with E-state index in [2.05, 4.69) is 25.4 Å². The molecule has 4 fully saturated rings. The average Bonchev–Trinajstić information content (AvgIpc) is 3.41. The number of hydrogen-bond acceptors (Lipinski definition) is 11. The Morgan fingerprint density at radius 2 is 1.67 bits per heavy atom. The summed E-state index contributed by atoms with van der Waals surface area (Å²) < 4.78 is 13.3. The molecule has 57 heavy (non-hydrogen) atoms. The summed E-state index contributed by atoms with van der Waals surface area (Å²) >= 11 is 0. The summed E-state index contributed by atoms with van der Waals surface area (Å²) in [5.41, 5.74) is 3.83. The maximum absolute atomic E-state index is 13.3. The summed E-state index contributed by atoms with van der Waals surface area (Å²) in [6.07, 6.45) is 7.62. The number of piperidine rings is 1. The van der Waals surface area contributed by atoms with Gasteiger partial charge in [0.05, 0.1) is 36.3 Å². The first kappa shape index (κ1) is 36.5. The van der Waals surface area contributed by atoms with Crippen LogP contribution in [-0.2, 0) is 28.0 Å². The lowest BCUT2D eigenvalue weighted by molar-refractivity contribution is -0.136. The largest absolute Gasteiger partial charge is 0.496 e. The maximum Gasteiger partial charge on any atom is 0.262 e. The number of carbonyl (C=O) groups excluding carboxylic acids is 5. The highest BCUT2D eigenvalue weighted by molar-refractivity contribution is 6.23. The maximum atomic E-state index is 13.3. The first-order valence-electron chi connectivity index (χ1n) is 19.3. The smallest absolute Gasteiger partial charge is 0.262 e. The molecule has 4 aliphatic heterocycles. The molecule has 9 rings (SSSR count). The highest BCUT2D eigenvalue weighted by Crippen LogP contribution is 2.50. The number of nitrogens with one attached hydrogen (secondary N) is 2. The van der Waals surface area contributed by atoms with Gasteiger partial charge in [0.1, 0.15) is 17.5 Å². The summed E-state index contributed by atoms with van der Waals surface area (Å²) in [7, 11) is 5.00. The fraction of sp³-hybridized carbons (Fsp3) is 0.405. The van der Waals surface area contributed by atoms with E-state index in [1.54, 1.807) is 50.4 Å². The number of pyridine rings is 2. The van der Waals surface area contributed by atoms with Crippen molar-refractivity contribution in [2.45, 2.75) is 50.7 Å². The third-order valence-electron chi connectivity index (χ3n) is 12.6. The number of methoxy groups -OCH3 is 2. The van der Waals surface area contributed by atoms with Crippen LogP contribution in [0.3, 0.4) is 0 Å². The van der Waals surface area contributed by atoms with E-state index < -0.39 is 29.7 Å². The van der Waals surface area contributed by atoms with Crippen LogP contribution in [0.2, 0.25) is 0 Å². The van der Waals surface area contributed by atoms with Gasteiger partial charge in [0.2, 0.25) is 17.7 Å². The molecule has 2 aromatic heterocycles. The monoisotopic (exact) mass is 773 g/mol. The second-order valence-corrected chi connectivity index (χ2v) is 16.1. The lowest BCUT2D eigenvalue weighted by atomic mass is 9.59. The van der Waals surface area contributed by atoms with E-state index in [-0.39, 0.29) is 52.8 Å². The van der Waals surface area contributed by atoms with Crippen LogP contribution in [0.25, 0.3) is 21.9 Å². The zero-order valence-corrected chi connectivity index (χ0v) is 32.0. The van der Waals surface area contributed by atoms with E-state index in [4.69, 9.17) is 9.47 Å². The van der Waals surface area contributed by atoms with Crippen molar-refractivity contribution in [2.75, 3.05) is 45.3 Å². The summed E-state index contributed by atoms with van der Waals surface area (Å²) in [6, 6.07) is 10.0. The first-order valence-corrected chi connectivity index (χ1v) is 19.3. The molecule has 2 unspecified atom stereocenters. The van der Waals surface area contributed by atoms with E-state index in [1.165, 1.54) is 0 Å². The lowest BCUT2D eigenvalue weighted by Gasteiger charge is -2.61. The average molecular weight is 774 g/mol. The van der Waals surface area contributed by atoms with Crippen molar-refractivity contribution in [3.63, 3.8) is 0 Å². The summed E-state index contributed by atoms with van der Waals surface area (Å²) in [6.45, 7) is 3.59. The number of likely N-dealkylation sites (tertiary alicyclic amines) is 1. The van der Waals surface area contributed by atoms with Gasteiger partial charge in [0.25, 0.3) is 17.4 Å². The van der Waals surface area contributed by atoms with E-state index in [9.17, 15) is 28.8 Å². The molecule has 1 aliphatic carbocycles. The number of ether oxygens (including phenoxy) is 2. The molecule has 2 N–H and O–H groups in total. The van der Waals surface area contributed by atoms with Crippen LogP contribution in [0, 0.1) is 11.3 Å². The van der Waals surface area contributed by atoms with Crippen LogP contribution in [0.4, 0.5) is 5.69 Å². The Hall–Kier alpha value is -6.09. The van der Waals surface area contributed by atoms with Gasteiger partial charge in [-0.1, -0.05) is 0 Å². The Labute approximate surface area is 327 Å². The van der Waals surface area contributed by atoms with Gasteiger partial charge >= 0.3 is 0 Å². The summed E-state index contributed by atoms with van der Waals surface area (Å²) in [4.78, 5) is 86.1. The molecule has 1 spiro atoms. The molecule has 0 radical (unpaired) electrons. The van der Waals surface area contributed by atoms with Crippen molar-refractivity contribution in [3.8, 4) is 22.6 Å². The number of carbonyl (C=O) groups is 5. The topological polar surface area (TPSA) is 172 Å². The van der Waals surface area contributed by atoms with Crippen LogP contribution in [0.15, 0.2) is 59.8 Å². The number of rotatable bonds is 10. The number of benzene rings is 2. The molecule has 1 saturated carbocycles. The highest BCUT2D eigenvalue weighted by Gasteiger charge is 2.55. The van der Waals surface area contributed by atoms with Crippen LogP contribution in [0.1, 0.15) is 58.4 Å². The molecule has 294 valence electrons. The number of anilines is 1. The lowest BCUT2D eigenvalue weighted by Crippen LogP contribution is -2.71. The van der Waals surface area contributed by atoms with Gasteiger partial charge in [0, 0.05) is 93.9 Å². The highest BCUT2D eigenvalue weighted by atomic mass is 16.5. The molecule has 3 saturated heterocycles. The second kappa shape index (κ2) is 13.8. The van der Waals surface area contributed by atoms with Gasteiger partial charge in [-0.25, -0.2) is 0 Å². The summed E-state index contributed by atoms with van der Waals surface area (Å²) in [5.74, 6) is -0.439. The fourth-order valence-corrected chi connectivity index (χ4v) is 9.36. The van der Waals surface area contributed by atoms with Gasteiger partial charge < -0.3 is 24.3 Å². The Morgan fingerprint density at radius 3 is 2.35 bits per heavy atom. The molecule has 15 nitrogen and oxygen atoms in total. The standard InChI is InChI=1S/C42H43N7O8/c1-46-19-30(26-9-11-43-16-29(26)39(46)53)24-13-33(56-2)31(34(14-24)57-3)20-47-17-23(18-47)12-37(51)44-35-8-10-42(35)21-48(22-42)25-4-5-27-28(15-25)41(55)49(40(27)54)32-6-7-36(50)45-38(32)52/h4-5,9,11,13-16,19,23,32,35H,6-8,10,12,17-18,20-22H2,1-3H3,(H,44,51)(H,45,50,52). The van der Waals surface area contributed by atoms with Gasteiger partial charge in [-0.05, 0) is 72.5 Å². The summed E-state index contributed by atoms with van der Waals surface area (Å²) in [5, 5.41) is 6.87. The molecular formula is C42H43N7O8. The fourth-order valence-electron chi connectivity index (χ4n) is 9.36. The zero-order chi connectivity index (χ0) is 39.7. The molecule has 0 bridgehead atoms. The number of aryl methyl sites for hydroxylation is 1. The number of hydrogen-bond donors (Lipinski definition) is 2. The first-order chi connectivity index (χ1) is 27.5. The normalized spacial score (nSPS) is 21.5. The van der Waals surface area contributed by atoms with Gasteiger partial charge in [-0.15, -0.1) is 0 Å². The van der Waals surface area contributed by atoms with Crippen molar-refractivity contribution in [3.05, 3.63) is 82.0 Å². The molecule has 15 heteroatoms. The third kappa shape index (κ3) is 6.11. The van der Waals surface area contributed by atoms with Crippen LogP contribution < -0.4 is 30.6 Å². The molecule has 4 aromatic rings. The quantitative estimate of drug-likeness (QED) is 0.227. The van der Waals surface area contributed by atoms with Crippen molar-refractivity contribution in [2.24, 2.45) is 18.4 Å². The van der Waals surface area contributed by atoms with E-state index >= 15 is 0 Å². The number of imide groups is 2. The van der Waals surface area contributed by atoms with Crippen LogP contribution in [0.5, 0.6) is 11.5 Å². The predicted molar refractivity (Wildman–Crippen MR) is 208 cm³/mol. The Balaban J connectivity index is 0.789. The predicted octanol–water partition coefficient (Wildman–Crippen LogP) is 2.63. The van der Waals surface area contributed by atoms with Crippen molar-refractivity contribution in [1.29, 1.82) is 0 Å². The van der Waals surface area contributed by atoms with Gasteiger partial charge in [-0.3, -0.25) is 48.9 Å². The van der Waals surface area contributed by atoms with Crippen molar-refractivity contribution in [1.82, 2.24) is 30.0 Å². The minimum Gasteiger partial charge on any atom is -0.496 e. The van der Waals surface area contributed by atoms with E-state index in [0.29, 0.717) is 29.9 Å². The van der Waals surface area contributed by atoms with Crippen molar-refractivity contribution < 1.29 is 33.4 Å². The van der Waals surface area contributed by atoms with Gasteiger partial charge in [-0.2, -0.15) is 0 Å². The SMILES string of the molecule is COc1cc(-c2cn(C)c(=O)c3cnccc23)cc(OC)c1CN1CC(CC(=O)NC2CCC23CN(c2ccc4c(c2)C(=O)N(C2CCC(=O)NC2=O)C4=O)C3)C1. The van der Waals surface area contributed by atoms with Gasteiger partial charge in [0.15, 0.2) is 0 Å². The minimum absolute atomic E-state index is 0.0320. The van der Waals surface area contributed by atoms with Crippen LogP contribution in [-0.4, -0.2) is 101 Å². The number of aromatic nitrogens is 2.